The molecule has 0 unspecified atom stereocenters. The van der Waals surface area contributed by atoms with E-state index in [-0.39, 0.29) is 5.69 Å². The number of benzene rings is 1. The van der Waals surface area contributed by atoms with E-state index in [1.807, 2.05) is 5.32 Å². The molecular weight excluding hydrogens is 337 g/mol. The van der Waals surface area contributed by atoms with Crippen molar-refractivity contribution in [3.8, 4) is 0 Å². The third kappa shape index (κ3) is 4.84. The van der Waals surface area contributed by atoms with E-state index >= 15 is 0 Å². The van der Waals surface area contributed by atoms with Crippen molar-refractivity contribution < 1.29 is 23.9 Å². The Hall–Kier alpha value is -2.16. The minimum atomic E-state index is -1.48. The number of carboxylic acids is 1. The first-order valence-electron chi connectivity index (χ1n) is 5.33. The Balaban J connectivity index is 2.70. The zero-order chi connectivity index (χ0) is 15.3. The Morgan fingerprint density at radius 1 is 1.40 bits per heavy atom. The topological polar surface area (TPSA) is 122 Å². The maximum atomic E-state index is 13.5. The van der Waals surface area contributed by atoms with Gasteiger partial charge in [-0.2, -0.15) is 0 Å². The van der Waals surface area contributed by atoms with Crippen LogP contribution in [0.2, 0.25) is 0 Å². The molecule has 20 heavy (non-hydrogen) atoms. The van der Waals surface area contributed by atoms with Crippen LogP contribution >= 0.6 is 15.9 Å². The average molecular weight is 348 g/mol. The lowest BCUT2D eigenvalue weighted by molar-refractivity contribution is -0.140. The van der Waals surface area contributed by atoms with E-state index in [9.17, 15) is 18.8 Å². The molecule has 1 aromatic carbocycles. The molecule has 1 rings (SSSR count). The molecule has 0 aliphatic carbocycles. The van der Waals surface area contributed by atoms with E-state index in [1.165, 1.54) is 12.1 Å². The number of carboxylic acid groups (broad SMARTS) is 1. The van der Waals surface area contributed by atoms with Gasteiger partial charge in [-0.25, -0.2) is 14.0 Å². The lowest BCUT2D eigenvalue weighted by atomic mass is 10.2. The number of urea groups is 1. The van der Waals surface area contributed by atoms with Crippen LogP contribution in [0.3, 0.4) is 0 Å². The van der Waals surface area contributed by atoms with Gasteiger partial charge in [-0.3, -0.25) is 4.79 Å². The van der Waals surface area contributed by atoms with Gasteiger partial charge in [0.25, 0.3) is 0 Å². The van der Waals surface area contributed by atoms with E-state index < -0.39 is 36.2 Å². The fourth-order valence-corrected chi connectivity index (χ4v) is 1.64. The molecule has 5 N–H and O–H groups in total. The Kier molecular flexibility index (Phi) is 5.44. The van der Waals surface area contributed by atoms with Crippen molar-refractivity contribution in [1.82, 2.24) is 5.32 Å². The summed E-state index contributed by atoms with van der Waals surface area (Å²) < 4.78 is 13.9. The molecule has 1 aromatic rings. The van der Waals surface area contributed by atoms with Crippen LogP contribution in [-0.4, -0.2) is 29.1 Å². The van der Waals surface area contributed by atoms with Crippen LogP contribution in [0.25, 0.3) is 0 Å². The summed E-state index contributed by atoms with van der Waals surface area (Å²) in [6.07, 6.45) is -0.564. The van der Waals surface area contributed by atoms with E-state index in [4.69, 9.17) is 10.8 Å². The molecule has 0 radical (unpaired) electrons. The van der Waals surface area contributed by atoms with Crippen LogP contribution in [0.1, 0.15) is 6.42 Å². The summed E-state index contributed by atoms with van der Waals surface area (Å²) in [5.74, 6) is -3.00. The third-order valence-corrected chi connectivity index (χ3v) is 2.68. The molecule has 3 amide bonds. The smallest absolute Gasteiger partial charge is 0.326 e. The van der Waals surface area contributed by atoms with Crippen molar-refractivity contribution in [2.45, 2.75) is 12.5 Å². The fourth-order valence-electron chi connectivity index (χ4n) is 1.31. The molecule has 0 fully saturated rings. The Morgan fingerprint density at radius 3 is 2.55 bits per heavy atom. The summed E-state index contributed by atoms with van der Waals surface area (Å²) in [5.41, 5.74) is 4.73. The normalized spacial score (nSPS) is 11.5. The maximum absolute atomic E-state index is 13.5. The van der Waals surface area contributed by atoms with Crippen molar-refractivity contribution in [3.63, 3.8) is 0 Å². The molecule has 0 saturated heterocycles. The standard InChI is InChI=1S/C11H11BrFN3O4/c12-5-1-2-7(6(13)3-5)15-11(20)16-8(10(18)19)4-9(14)17/h1-3,8H,4H2,(H2,14,17)(H,18,19)(H2,15,16,20)/t8-/m1/s1. The second kappa shape index (κ2) is 6.85. The highest BCUT2D eigenvalue weighted by Gasteiger charge is 2.22. The van der Waals surface area contributed by atoms with Gasteiger partial charge >= 0.3 is 12.0 Å². The lowest BCUT2D eigenvalue weighted by Crippen LogP contribution is -2.45. The van der Waals surface area contributed by atoms with Gasteiger partial charge in [0.2, 0.25) is 5.91 Å². The number of carbonyl (C=O) groups excluding carboxylic acids is 2. The summed E-state index contributed by atoms with van der Waals surface area (Å²) in [4.78, 5) is 33.0. The zero-order valence-electron chi connectivity index (χ0n) is 10.0. The van der Waals surface area contributed by atoms with Crippen molar-refractivity contribution >= 4 is 39.5 Å². The Bertz CT molecular complexity index is 552. The predicted octanol–water partition coefficient (Wildman–Crippen LogP) is 1.04. The molecule has 0 aliphatic rings. The number of nitrogens with one attached hydrogen (secondary N) is 2. The highest BCUT2D eigenvalue weighted by Crippen LogP contribution is 2.19. The van der Waals surface area contributed by atoms with Crippen LogP contribution in [-0.2, 0) is 9.59 Å². The molecule has 9 heteroatoms. The molecule has 0 heterocycles. The van der Waals surface area contributed by atoms with Gasteiger partial charge in [0.05, 0.1) is 12.1 Å². The summed E-state index contributed by atoms with van der Waals surface area (Å²) in [7, 11) is 0. The molecule has 0 bridgehead atoms. The summed E-state index contributed by atoms with van der Waals surface area (Å²) >= 11 is 3.05. The molecular formula is C11H11BrFN3O4. The van der Waals surface area contributed by atoms with E-state index in [0.29, 0.717) is 4.47 Å². The van der Waals surface area contributed by atoms with E-state index in [0.717, 1.165) is 6.07 Å². The Morgan fingerprint density at radius 2 is 2.05 bits per heavy atom. The first-order chi connectivity index (χ1) is 9.29. The van der Waals surface area contributed by atoms with Gasteiger partial charge in [-0.15, -0.1) is 0 Å². The second-order valence-electron chi connectivity index (χ2n) is 3.78. The van der Waals surface area contributed by atoms with E-state index in [2.05, 4.69) is 21.2 Å². The highest BCUT2D eigenvalue weighted by molar-refractivity contribution is 9.10. The molecule has 7 nitrogen and oxygen atoms in total. The number of anilines is 1. The monoisotopic (exact) mass is 347 g/mol. The van der Waals surface area contributed by atoms with Crippen LogP contribution in [0.4, 0.5) is 14.9 Å². The van der Waals surface area contributed by atoms with Crippen molar-refractivity contribution in [1.29, 1.82) is 0 Å². The Labute approximate surface area is 121 Å². The number of amides is 3. The molecule has 0 saturated carbocycles. The first-order valence-corrected chi connectivity index (χ1v) is 6.12. The minimum Gasteiger partial charge on any atom is -0.480 e. The molecule has 0 aromatic heterocycles. The summed E-state index contributed by atoms with van der Waals surface area (Å²) in [5, 5.41) is 12.9. The number of nitrogens with two attached hydrogens (primary N) is 1. The van der Waals surface area contributed by atoms with Crippen molar-refractivity contribution in [3.05, 3.63) is 28.5 Å². The molecule has 0 spiro atoms. The SMILES string of the molecule is NC(=O)C[C@@H](NC(=O)Nc1ccc(Br)cc1F)C(=O)O. The van der Waals surface area contributed by atoms with Gasteiger partial charge in [0.15, 0.2) is 0 Å². The van der Waals surface area contributed by atoms with Gasteiger partial charge in [0.1, 0.15) is 11.9 Å². The number of hydrogen-bond acceptors (Lipinski definition) is 3. The number of primary amides is 1. The van der Waals surface area contributed by atoms with E-state index in [1.54, 1.807) is 0 Å². The quantitative estimate of drug-likeness (QED) is 0.635. The van der Waals surface area contributed by atoms with Crippen LogP contribution in [0, 0.1) is 5.82 Å². The van der Waals surface area contributed by atoms with Crippen molar-refractivity contribution in [2.75, 3.05) is 5.32 Å². The predicted molar refractivity (Wildman–Crippen MR) is 71.5 cm³/mol. The van der Waals surface area contributed by atoms with Gasteiger partial charge in [-0.1, -0.05) is 15.9 Å². The third-order valence-electron chi connectivity index (χ3n) is 2.19. The van der Waals surface area contributed by atoms with Crippen LogP contribution in [0.15, 0.2) is 22.7 Å². The number of halogens is 2. The van der Waals surface area contributed by atoms with Crippen molar-refractivity contribution in [2.24, 2.45) is 5.73 Å². The fraction of sp³-hybridized carbons (Fsp3) is 0.182. The maximum Gasteiger partial charge on any atom is 0.326 e. The average Bonchev–Trinajstić information content (AvgIpc) is 2.31. The van der Waals surface area contributed by atoms with Gasteiger partial charge < -0.3 is 21.5 Å². The second-order valence-corrected chi connectivity index (χ2v) is 4.70. The molecule has 1 atom stereocenters. The summed E-state index contributed by atoms with van der Waals surface area (Å²) in [6.45, 7) is 0. The van der Waals surface area contributed by atoms with Gasteiger partial charge in [0, 0.05) is 4.47 Å². The van der Waals surface area contributed by atoms with Gasteiger partial charge in [-0.05, 0) is 18.2 Å². The summed E-state index contributed by atoms with van der Waals surface area (Å²) in [6, 6.07) is 1.48. The minimum absolute atomic E-state index is 0.131. The number of carbonyl (C=O) groups is 3. The first kappa shape index (κ1) is 15.9. The number of rotatable bonds is 5. The zero-order valence-corrected chi connectivity index (χ0v) is 11.6. The molecule has 0 aliphatic heterocycles. The van der Waals surface area contributed by atoms with Crippen LogP contribution < -0.4 is 16.4 Å². The number of aliphatic carboxylic acids is 1. The highest BCUT2D eigenvalue weighted by atomic mass is 79.9. The lowest BCUT2D eigenvalue weighted by Gasteiger charge is -2.14. The largest absolute Gasteiger partial charge is 0.480 e. The molecule has 108 valence electrons. The van der Waals surface area contributed by atoms with Crippen LogP contribution in [0.5, 0.6) is 0 Å². The number of hydrogen-bond donors (Lipinski definition) is 4.